The number of carbonyl (C=O) groups is 1. The Bertz CT molecular complexity index is 1270. The lowest BCUT2D eigenvalue weighted by Gasteiger charge is -2.24. The lowest BCUT2D eigenvalue weighted by molar-refractivity contribution is -0.137. The number of aromatic carboxylic acids is 1. The van der Waals surface area contributed by atoms with E-state index in [9.17, 15) is 23.1 Å². The Hall–Kier alpha value is -3.70. The molecule has 3 aromatic rings. The summed E-state index contributed by atoms with van der Waals surface area (Å²) in [6.45, 7) is 0. The molecule has 1 aliphatic heterocycles. The van der Waals surface area contributed by atoms with Gasteiger partial charge in [-0.2, -0.15) is 18.4 Å². The molecule has 0 saturated heterocycles. The molecule has 5 nitrogen and oxygen atoms in total. The van der Waals surface area contributed by atoms with Crippen LogP contribution in [0.2, 0.25) is 5.02 Å². The molecule has 0 aromatic heterocycles. The molecule has 1 aliphatic rings. The van der Waals surface area contributed by atoms with Crippen LogP contribution >= 0.6 is 11.6 Å². The fraction of sp³-hybridized carbons (Fsp3) is 0.0909. The summed E-state index contributed by atoms with van der Waals surface area (Å²) in [6, 6.07) is 13.3. The van der Waals surface area contributed by atoms with E-state index in [0.717, 1.165) is 11.6 Å². The number of ether oxygens (including phenoxy) is 1. The van der Waals surface area contributed by atoms with Crippen molar-refractivity contribution in [2.75, 3.05) is 5.32 Å². The summed E-state index contributed by atoms with van der Waals surface area (Å²) < 4.78 is 44.4. The third-order valence-electron chi connectivity index (χ3n) is 4.73. The number of benzene rings is 3. The smallest absolute Gasteiger partial charge is 0.417 e. The maximum atomic E-state index is 12.9. The fourth-order valence-corrected chi connectivity index (χ4v) is 3.63. The molecular formula is C22H12ClF3N2O3. The Labute approximate surface area is 179 Å². The molecule has 0 fully saturated rings. The number of nitriles is 1. The zero-order valence-electron chi connectivity index (χ0n) is 15.5. The van der Waals surface area contributed by atoms with E-state index in [1.807, 2.05) is 6.07 Å². The van der Waals surface area contributed by atoms with Crippen LogP contribution in [0.15, 0.2) is 48.5 Å². The van der Waals surface area contributed by atoms with Crippen LogP contribution in [-0.4, -0.2) is 11.1 Å². The van der Waals surface area contributed by atoms with Crippen LogP contribution in [-0.2, 0) is 12.6 Å². The lowest BCUT2D eigenvalue weighted by Crippen LogP contribution is -2.10. The molecule has 0 saturated carbocycles. The Morgan fingerprint density at radius 2 is 1.81 bits per heavy atom. The van der Waals surface area contributed by atoms with Crippen molar-refractivity contribution in [2.45, 2.75) is 12.6 Å². The van der Waals surface area contributed by atoms with Crippen molar-refractivity contribution in [3.8, 4) is 17.6 Å². The second-order valence-corrected chi connectivity index (χ2v) is 7.27. The molecule has 9 heteroatoms. The minimum Gasteiger partial charge on any atom is -0.478 e. The molecule has 31 heavy (non-hydrogen) atoms. The zero-order valence-corrected chi connectivity index (χ0v) is 16.3. The van der Waals surface area contributed by atoms with Gasteiger partial charge in [-0.25, -0.2) is 4.79 Å². The van der Waals surface area contributed by atoms with Crippen molar-refractivity contribution in [3.63, 3.8) is 0 Å². The van der Waals surface area contributed by atoms with Crippen LogP contribution in [0.25, 0.3) is 0 Å². The molecule has 0 unspecified atom stereocenters. The summed E-state index contributed by atoms with van der Waals surface area (Å²) in [5.74, 6) is -0.581. The third-order valence-corrected chi connectivity index (χ3v) is 5.05. The topological polar surface area (TPSA) is 82.4 Å². The number of anilines is 2. The highest BCUT2D eigenvalue weighted by atomic mass is 35.5. The normalized spacial score (nSPS) is 12.1. The summed E-state index contributed by atoms with van der Waals surface area (Å²) >= 11 is 5.79. The van der Waals surface area contributed by atoms with Crippen molar-refractivity contribution in [1.82, 2.24) is 0 Å². The predicted octanol–water partition coefficient (Wildman–Crippen LogP) is 6.37. The van der Waals surface area contributed by atoms with Gasteiger partial charge < -0.3 is 15.2 Å². The number of halogens is 4. The van der Waals surface area contributed by atoms with Crippen molar-refractivity contribution in [3.05, 3.63) is 81.4 Å². The molecule has 2 N–H and O–H groups in total. The molecular weight excluding hydrogens is 433 g/mol. The van der Waals surface area contributed by atoms with Gasteiger partial charge in [0.15, 0.2) is 11.5 Å². The first kappa shape index (κ1) is 20.6. The molecule has 3 aromatic carbocycles. The van der Waals surface area contributed by atoms with Gasteiger partial charge in [-0.3, -0.25) is 0 Å². The van der Waals surface area contributed by atoms with Gasteiger partial charge in [0.1, 0.15) is 0 Å². The maximum Gasteiger partial charge on any atom is 0.417 e. The number of nitrogens with one attached hydrogen (secondary N) is 1. The zero-order chi connectivity index (χ0) is 22.3. The van der Waals surface area contributed by atoms with Crippen molar-refractivity contribution < 1.29 is 27.8 Å². The van der Waals surface area contributed by atoms with Crippen LogP contribution < -0.4 is 10.1 Å². The summed E-state index contributed by atoms with van der Waals surface area (Å²) in [5, 5.41) is 21.2. The third kappa shape index (κ3) is 4.00. The van der Waals surface area contributed by atoms with Gasteiger partial charge >= 0.3 is 12.1 Å². The SMILES string of the molecule is N#Cc1cc2c(c(C(=O)O)c1)Nc1cc(Cc3ccc(C(F)(F)F)c(Cl)c3)ccc1O2. The monoisotopic (exact) mass is 444 g/mol. The number of fused-ring (bicyclic) bond motifs is 2. The molecule has 4 rings (SSSR count). The Kier molecular flexibility index (Phi) is 4.99. The largest absolute Gasteiger partial charge is 0.478 e. The Morgan fingerprint density at radius 1 is 1.10 bits per heavy atom. The molecule has 0 bridgehead atoms. The van der Waals surface area contributed by atoms with Crippen LogP contribution in [0.5, 0.6) is 11.5 Å². The predicted molar refractivity (Wildman–Crippen MR) is 107 cm³/mol. The summed E-state index contributed by atoms with van der Waals surface area (Å²) in [5.41, 5.74) is 1.19. The minimum absolute atomic E-state index is 0.111. The van der Waals surface area contributed by atoms with Gasteiger partial charge in [-0.1, -0.05) is 23.7 Å². The summed E-state index contributed by atoms with van der Waals surface area (Å²) in [6.07, 6.45) is -4.22. The number of hydrogen-bond donors (Lipinski definition) is 2. The standard InChI is InChI=1S/C22H12ClF3N2O3/c23-16-7-11(1-3-15(16)22(24,25)26)5-12-2-4-18-17(8-12)28-20-14(21(29)30)6-13(10-27)9-19(20)31-18/h1-4,6-9,28H,5H2,(H,29,30). The average molecular weight is 445 g/mol. The highest BCUT2D eigenvalue weighted by molar-refractivity contribution is 6.31. The van der Waals surface area contributed by atoms with E-state index in [4.69, 9.17) is 21.6 Å². The van der Waals surface area contributed by atoms with E-state index >= 15 is 0 Å². The van der Waals surface area contributed by atoms with Crippen LogP contribution in [0.1, 0.15) is 32.6 Å². The number of rotatable bonds is 3. The number of carboxylic acid groups (broad SMARTS) is 1. The van der Waals surface area contributed by atoms with Gasteiger partial charge in [-0.15, -0.1) is 0 Å². The van der Waals surface area contributed by atoms with Crippen LogP contribution in [0, 0.1) is 11.3 Å². The first-order chi connectivity index (χ1) is 14.7. The second-order valence-electron chi connectivity index (χ2n) is 6.86. The Balaban J connectivity index is 1.64. The number of alkyl halides is 3. The number of hydrogen-bond acceptors (Lipinski definition) is 4. The molecule has 0 radical (unpaired) electrons. The van der Waals surface area contributed by atoms with E-state index < -0.39 is 17.7 Å². The average Bonchev–Trinajstić information content (AvgIpc) is 2.70. The molecule has 1 heterocycles. The first-order valence-corrected chi connectivity index (χ1v) is 9.28. The van der Waals surface area contributed by atoms with Crippen LogP contribution in [0.4, 0.5) is 24.5 Å². The second kappa shape index (κ2) is 7.52. The van der Waals surface area contributed by atoms with Gasteiger partial charge in [0.2, 0.25) is 0 Å². The van der Waals surface area contributed by atoms with Crippen molar-refractivity contribution >= 4 is 28.9 Å². The van der Waals surface area contributed by atoms with Crippen LogP contribution in [0.3, 0.4) is 0 Å². The molecule has 0 aliphatic carbocycles. The molecule has 0 atom stereocenters. The van der Waals surface area contributed by atoms with E-state index in [0.29, 0.717) is 23.4 Å². The first-order valence-electron chi connectivity index (χ1n) is 8.90. The van der Waals surface area contributed by atoms with E-state index in [1.54, 1.807) is 18.2 Å². The van der Waals surface area contributed by atoms with Gasteiger partial charge in [0.05, 0.1) is 39.2 Å². The number of carboxylic acids is 1. The molecule has 156 valence electrons. The fourth-order valence-electron chi connectivity index (χ4n) is 3.32. The van der Waals surface area contributed by atoms with E-state index in [-0.39, 0.29) is 27.6 Å². The summed E-state index contributed by atoms with van der Waals surface area (Å²) in [4.78, 5) is 11.6. The van der Waals surface area contributed by atoms with Gasteiger partial charge in [-0.05, 0) is 47.9 Å². The highest BCUT2D eigenvalue weighted by Gasteiger charge is 2.33. The van der Waals surface area contributed by atoms with Crippen molar-refractivity contribution in [2.24, 2.45) is 0 Å². The number of nitrogens with zero attached hydrogens (tertiary/aromatic N) is 1. The van der Waals surface area contributed by atoms with E-state index in [1.165, 1.54) is 24.3 Å². The highest BCUT2D eigenvalue weighted by Crippen LogP contribution is 2.45. The quantitative estimate of drug-likeness (QED) is 0.383. The lowest BCUT2D eigenvalue weighted by atomic mass is 10.0. The minimum atomic E-state index is -4.52. The summed E-state index contributed by atoms with van der Waals surface area (Å²) in [7, 11) is 0. The van der Waals surface area contributed by atoms with Gasteiger partial charge in [0, 0.05) is 6.07 Å². The Morgan fingerprint density at radius 3 is 2.45 bits per heavy atom. The van der Waals surface area contributed by atoms with E-state index in [2.05, 4.69) is 5.32 Å². The van der Waals surface area contributed by atoms with Gasteiger partial charge in [0.25, 0.3) is 0 Å². The maximum absolute atomic E-state index is 12.9. The molecule has 0 amide bonds. The molecule has 0 spiro atoms. The van der Waals surface area contributed by atoms with Crippen molar-refractivity contribution in [1.29, 1.82) is 5.26 Å².